The van der Waals surface area contributed by atoms with E-state index in [0.717, 1.165) is 10.8 Å². The van der Waals surface area contributed by atoms with Gasteiger partial charge in [-0.1, -0.05) is 26.0 Å². The zero-order valence-corrected chi connectivity index (χ0v) is 12.0. The molecule has 0 fully saturated rings. The van der Waals surface area contributed by atoms with Crippen LogP contribution in [-0.4, -0.2) is 23.6 Å². The molecule has 5 nitrogen and oxygen atoms in total. The highest BCUT2D eigenvalue weighted by atomic mass is 16.5. The van der Waals surface area contributed by atoms with Gasteiger partial charge >= 0.3 is 0 Å². The van der Waals surface area contributed by atoms with Gasteiger partial charge in [-0.15, -0.1) is 0 Å². The maximum Gasteiger partial charge on any atom is 0.274 e. The third kappa shape index (κ3) is 3.58. The SMILES string of the molecule is CC(C)CNC(=O)c1ccc2ccc(C(=O)NO)cc2c1. The van der Waals surface area contributed by atoms with Crippen LogP contribution in [0.25, 0.3) is 10.8 Å². The number of rotatable bonds is 4. The molecule has 5 heteroatoms. The first-order chi connectivity index (χ1) is 10.0. The van der Waals surface area contributed by atoms with Gasteiger partial charge in [0.15, 0.2) is 0 Å². The lowest BCUT2D eigenvalue weighted by Crippen LogP contribution is -2.27. The quantitative estimate of drug-likeness (QED) is 0.596. The molecule has 2 aromatic carbocycles. The Morgan fingerprint density at radius 3 is 2.10 bits per heavy atom. The molecule has 0 unspecified atom stereocenters. The smallest absolute Gasteiger partial charge is 0.274 e. The molecule has 0 atom stereocenters. The molecule has 0 aliphatic heterocycles. The van der Waals surface area contributed by atoms with Crippen LogP contribution in [0.5, 0.6) is 0 Å². The van der Waals surface area contributed by atoms with Crippen LogP contribution in [0.1, 0.15) is 34.6 Å². The molecule has 2 amide bonds. The maximum atomic E-state index is 12.0. The molecule has 0 aromatic heterocycles. The summed E-state index contributed by atoms with van der Waals surface area (Å²) in [6.07, 6.45) is 0. The lowest BCUT2D eigenvalue weighted by atomic mass is 10.0. The summed E-state index contributed by atoms with van der Waals surface area (Å²) in [5.41, 5.74) is 2.48. The predicted octanol–water partition coefficient (Wildman–Crippen LogP) is 2.34. The van der Waals surface area contributed by atoms with Crippen LogP contribution in [0.2, 0.25) is 0 Å². The summed E-state index contributed by atoms with van der Waals surface area (Å²) in [5, 5.41) is 13.2. The minimum atomic E-state index is -0.577. The number of hydroxylamine groups is 1. The highest BCUT2D eigenvalue weighted by molar-refractivity contribution is 6.01. The lowest BCUT2D eigenvalue weighted by molar-refractivity contribution is 0.0706. The van der Waals surface area contributed by atoms with E-state index < -0.39 is 5.91 Å². The molecule has 21 heavy (non-hydrogen) atoms. The van der Waals surface area contributed by atoms with Gasteiger partial charge in [-0.2, -0.15) is 0 Å². The van der Waals surface area contributed by atoms with Crippen molar-refractivity contribution < 1.29 is 14.8 Å². The molecule has 0 radical (unpaired) electrons. The second kappa shape index (κ2) is 6.37. The number of hydrogen-bond donors (Lipinski definition) is 3. The van der Waals surface area contributed by atoms with E-state index >= 15 is 0 Å². The Kier molecular flexibility index (Phi) is 4.55. The van der Waals surface area contributed by atoms with Crippen molar-refractivity contribution in [1.29, 1.82) is 0 Å². The van der Waals surface area contributed by atoms with E-state index in [9.17, 15) is 9.59 Å². The van der Waals surface area contributed by atoms with Gasteiger partial charge in [0.1, 0.15) is 0 Å². The normalized spacial score (nSPS) is 10.7. The number of amides is 2. The van der Waals surface area contributed by atoms with E-state index in [1.54, 1.807) is 35.8 Å². The molecule has 110 valence electrons. The molecular formula is C16H18N2O3. The van der Waals surface area contributed by atoms with Crippen molar-refractivity contribution in [3.63, 3.8) is 0 Å². The Bertz CT molecular complexity index is 680. The molecule has 0 aliphatic carbocycles. The van der Waals surface area contributed by atoms with E-state index in [1.807, 2.05) is 19.9 Å². The monoisotopic (exact) mass is 286 g/mol. The summed E-state index contributed by atoms with van der Waals surface area (Å²) >= 11 is 0. The van der Waals surface area contributed by atoms with E-state index in [1.165, 1.54) is 0 Å². The summed E-state index contributed by atoms with van der Waals surface area (Å²) in [4.78, 5) is 23.5. The maximum absolute atomic E-state index is 12.0. The number of nitrogens with one attached hydrogen (secondary N) is 2. The topological polar surface area (TPSA) is 78.4 Å². The third-order valence-electron chi connectivity index (χ3n) is 3.14. The van der Waals surface area contributed by atoms with Gasteiger partial charge in [-0.3, -0.25) is 14.8 Å². The van der Waals surface area contributed by atoms with Crippen LogP contribution in [0.15, 0.2) is 36.4 Å². The average Bonchev–Trinajstić information content (AvgIpc) is 2.50. The first-order valence-corrected chi connectivity index (χ1v) is 6.77. The summed E-state index contributed by atoms with van der Waals surface area (Å²) in [6, 6.07) is 10.4. The molecule has 3 N–H and O–H groups in total. The summed E-state index contributed by atoms with van der Waals surface area (Å²) in [5.74, 6) is -0.330. The van der Waals surface area contributed by atoms with Gasteiger partial charge in [-0.05, 0) is 41.0 Å². The Morgan fingerprint density at radius 2 is 1.57 bits per heavy atom. The van der Waals surface area contributed by atoms with E-state index in [-0.39, 0.29) is 5.91 Å². The molecule has 0 spiro atoms. The van der Waals surface area contributed by atoms with E-state index in [4.69, 9.17) is 5.21 Å². The molecular weight excluding hydrogens is 268 g/mol. The first kappa shape index (κ1) is 15.0. The second-order valence-electron chi connectivity index (χ2n) is 5.32. The predicted molar refractivity (Wildman–Crippen MR) is 80.4 cm³/mol. The van der Waals surface area contributed by atoms with Gasteiger partial charge in [-0.25, -0.2) is 5.48 Å². The van der Waals surface area contributed by atoms with Crippen LogP contribution in [0, 0.1) is 5.92 Å². The van der Waals surface area contributed by atoms with Crippen molar-refractivity contribution in [2.75, 3.05) is 6.54 Å². The number of hydrogen-bond acceptors (Lipinski definition) is 3. The van der Waals surface area contributed by atoms with Crippen LogP contribution in [0.3, 0.4) is 0 Å². The molecule has 2 aromatic rings. The second-order valence-corrected chi connectivity index (χ2v) is 5.32. The Morgan fingerprint density at radius 1 is 1.00 bits per heavy atom. The zero-order chi connectivity index (χ0) is 15.4. The van der Waals surface area contributed by atoms with Crippen LogP contribution in [-0.2, 0) is 0 Å². The van der Waals surface area contributed by atoms with Crippen molar-refractivity contribution in [3.05, 3.63) is 47.5 Å². The largest absolute Gasteiger partial charge is 0.352 e. The van der Waals surface area contributed by atoms with Crippen molar-refractivity contribution >= 4 is 22.6 Å². The van der Waals surface area contributed by atoms with Crippen LogP contribution in [0.4, 0.5) is 0 Å². The molecule has 0 aliphatic rings. The number of carbonyl (C=O) groups is 2. The van der Waals surface area contributed by atoms with Gasteiger partial charge in [0, 0.05) is 17.7 Å². The highest BCUT2D eigenvalue weighted by Gasteiger charge is 2.09. The fourth-order valence-corrected chi connectivity index (χ4v) is 1.99. The number of fused-ring (bicyclic) bond motifs is 1. The molecule has 0 saturated heterocycles. The Hall–Kier alpha value is -2.40. The molecule has 2 rings (SSSR count). The number of carbonyl (C=O) groups excluding carboxylic acids is 2. The van der Waals surface area contributed by atoms with Crippen LogP contribution >= 0.6 is 0 Å². The molecule has 0 heterocycles. The summed E-state index contributed by atoms with van der Waals surface area (Å²) < 4.78 is 0. The minimum absolute atomic E-state index is 0.136. The van der Waals surface area contributed by atoms with E-state index in [0.29, 0.717) is 23.6 Å². The lowest BCUT2D eigenvalue weighted by Gasteiger charge is -2.09. The fraction of sp³-hybridized carbons (Fsp3) is 0.250. The van der Waals surface area contributed by atoms with Gasteiger partial charge in [0.25, 0.3) is 11.8 Å². The van der Waals surface area contributed by atoms with Crippen molar-refractivity contribution in [2.45, 2.75) is 13.8 Å². The Labute approximate surface area is 122 Å². The van der Waals surface area contributed by atoms with Crippen LogP contribution < -0.4 is 10.8 Å². The zero-order valence-electron chi connectivity index (χ0n) is 12.0. The van der Waals surface area contributed by atoms with E-state index in [2.05, 4.69) is 5.32 Å². The molecule has 0 bridgehead atoms. The van der Waals surface area contributed by atoms with Gasteiger partial charge < -0.3 is 5.32 Å². The average molecular weight is 286 g/mol. The number of benzene rings is 2. The van der Waals surface area contributed by atoms with Crippen molar-refractivity contribution in [1.82, 2.24) is 10.8 Å². The molecule has 0 saturated carbocycles. The van der Waals surface area contributed by atoms with Crippen molar-refractivity contribution in [2.24, 2.45) is 5.92 Å². The van der Waals surface area contributed by atoms with Crippen molar-refractivity contribution in [3.8, 4) is 0 Å². The highest BCUT2D eigenvalue weighted by Crippen LogP contribution is 2.18. The standard InChI is InChI=1S/C16H18N2O3/c1-10(2)9-17-15(19)12-5-3-11-4-6-13(16(20)18-21)8-14(11)7-12/h3-8,10,21H,9H2,1-2H3,(H,17,19)(H,18,20). The minimum Gasteiger partial charge on any atom is -0.352 e. The van der Waals surface area contributed by atoms with Gasteiger partial charge in [0.05, 0.1) is 0 Å². The van der Waals surface area contributed by atoms with Gasteiger partial charge in [0.2, 0.25) is 0 Å². The Balaban J connectivity index is 2.31. The summed E-state index contributed by atoms with van der Waals surface area (Å²) in [6.45, 7) is 4.67. The summed E-state index contributed by atoms with van der Waals surface area (Å²) in [7, 11) is 0. The third-order valence-corrected chi connectivity index (χ3v) is 3.14. The fourth-order valence-electron chi connectivity index (χ4n) is 1.99. The first-order valence-electron chi connectivity index (χ1n) is 6.77.